The predicted octanol–water partition coefficient (Wildman–Crippen LogP) is 6.62. The van der Waals surface area contributed by atoms with Crippen LogP contribution in [-0.4, -0.2) is 36.7 Å². The molecule has 43 heavy (non-hydrogen) atoms. The third-order valence-electron chi connectivity index (χ3n) is 6.14. The van der Waals surface area contributed by atoms with Crippen molar-refractivity contribution in [2.75, 3.05) is 24.4 Å². The van der Waals surface area contributed by atoms with Gasteiger partial charge in [0.15, 0.2) is 0 Å². The van der Waals surface area contributed by atoms with Crippen molar-refractivity contribution in [1.82, 2.24) is 5.32 Å². The van der Waals surface area contributed by atoms with E-state index in [9.17, 15) is 14.4 Å². The Labute approximate surface area is 255 Å². The lowest BCUT2D eigenvalue weighted by Crippen LogP contribution is -2.30. The molecule has 4 aromatic carbocycles. The number of thioether (sulfide) groups is 1. The first-order valence-electron chi connectivity index (χ1n) is 13.7. The zero-order valence-electron chi connectivity index (χ0n) is 24.1. The van der Waals surface area contributed by atoms with Crippen molar-refractivity contribution in [3.05, 3.63) is 120 Å². The highest BCUT2D eigenvalue weighted by molar-refractivity contribution is 8.00. The van der Waals surface area contributed by atoms with Crippen LogP contribution >= 0.6 is 11.8 Å². The number of rotatable bonds is 12. The Hall–Kier alpha value is -5.02. The van der Waals surface area contributed by atoms with Crippen molar-refractivity contribution < 1.29 is 23.9 Å². The molecule has 1 unspecified atom stereocenters. The van der Waals surface area contributed by atoms with Crippen molar-refractivity contribution >= 4 is 46.9 Å². The number of carbonyl (C=O) groups is 3. The highest BCUT2D eigenvalue weighted by atomic mass is 32.2. The van der Waals surface area contributed by atoms with E-state index < -0.39 is 17.1 Å². The fourth-order valence-electron chi connectivity index (χ4n) is 3.99. The summed E-state index contributed by atoms with van der Waals surface area (Å²) in [5, 5.41) is 8.11. The number of hydrogen-bond acceptors (Lipinski definition) is 6. The van der Waals surface area contributed by atoms with Crippen molar-refractivity contribution in [1.29, 1.82) is 0 Å². The molecule has 0 aliphatic rings. The van der Waals surface area contributed by atoms with Gasteiger partial charge in [-0.05, 0) is 92.2 Å². The standard InChI is InChI=1S/C34H33N3O5S/c1-4-42-28-18-16-26(17-19-28)35-32(38)23(2)43-30-15-9-13-27(22-30)36-34(40)31(21-24-10-8-14-29(20-24)41-3)37-33(39)25-11-6-5-7-12-25/h5-23H,4H2,1-3H3,(H,35,38)(H,36,40)(H,37,39)/b31-21-. The average Bonchev–Trinajstić information content (AvgIpc) is 3.02. The van der Waals surface area contributed by atoms with Crippen LogP contribution < -0.4 is 25.4 Å². The van der Waals surface area contributed by atoms with Crippen molar-refractivity contribution in [3.63, 3.8) is 0 Å². The fraction of sp³-hybridized carbons (Fsp3) is 0.147. The van der Waals surface area contributed by atoms with E-state index in [-0.39, 0.29) is 11.6 Å². The van der Waals surface area contributed by atoms with Gasteiger partial charge in [0.25, 0.3) is 11.8 Å². The van der Waals surface area contributed by atoms with Crippen LogP contribution in [0.25, 0.3) is 6.08 Å². The highest BCUT2D eigenvalue weighted by Crippen LogP contribution is 2.27. The van der Waals surface area contributed by atoms with E-state index in [1.54, 1.807) is 86.0 Å². The van der Waals surface area contributed by atoms with Crippen molar-refractivity contribution in [2.45, 2.75) is 24.0 Å². The van der Waals surface area contributed by atoms with Gasteiger partial charge in [-0.25, -0.2) is 0 Å². The van der Waals surface area contributed by atoms with Crippen LogP contribution in [0.15, 0.2) is 114 Å². The Morgan fingerprint density at radius 3 is 2.28 bits per heavy atom. The first kappa shape index (κ1) is 30.9. The minimum absolute atomic E-state index is 0.0586. The Morgan fingerprint density at radius 2 is 1.56 bits per heavy atom. The van der Waals surface area contributed by atoms with E-state index in [1.807, 2.05) is 44.2 Å². The second-order valence-electron chi connectivity index (χ2n) is 9.34. The van der Waals surface area contributed by atoms with Crippen LogP contribution in [0.1, 0.15) is 29.8 Å². The summed E-state index contributed by atoms with van der Waals surface area (Å²) in [6, 6.07) is 30.2. The third kappa shape index (κ3) is 9.24. The summed E-state index contributed by atoms with van der Waals surface area (Å²) in [6.45, 7) is 4.30. The average molecular weight is 596 g/mol. The van der Waals surface area contributed by atoms with Crippen LogP contribution in [0.5, 0.6) is 11.5 Å². The van der Waals surface area contributed by atoms with E-state index >= 15 is 0 Å². The molecule has 0 heterocycles. The van der Waals surface area contributed by atoms with E-state index in [0.29, 0.717) is 34.9 Å². The zero-order chi connectivity index (χ0) is 30.6. The summed E-state index contributed by atoms with van der Waals surface area (Å²) in [4.78, 5) is 40.0. The molecule has 0 aliphatic heterocycles. The quantitative estimate of drug-likeness (QED) is 0.126. The maximum atomic E-state index is 13.4. The lowest BCUT2D eigenvalue weighted by molar-refractivity contribution is -0.115. The largest absolute Gasteiger partial charge is 0.497 e. The van der Waals surface area contributed by atoms with Crippen LogP contribution in [0, 0.1) is 0 Å². The van der Waals surface area contributed by atoms with Gasteiger partial charge >= 0.3 is 0 Å². The molecule has 3 amide bonds. The topological polar surface area (TPSA) is 106 Å². The number of carbonyl (C=O) groups excluding carboxylic acids is 3. The number of ether oxygens (including phenoxy) is 2. The fourth-order valence-corrected chi connectivity index (χ4v) is 4.92. The molecule has 4 rings (SSSR count). The molecule has 1 atom stereocenters. The SMILES string of the molecule is CCOc1ccc(NC(=O)C(C)Sc2cccc(NC(=O)/C(=C/c3cccc(OC)c3)NC(=O)c3ccccc3)c2)cc1. The Morgan fingerprint density at radius 1 is 0.814 bits per heavy atom. The van der Waals surface area contributed by atoms with Gasteiger partial charge in [0.2, 0.25) is 5.91 Å². The Bertz CT molecular complexity index is 1590. The van der Waals surface area contributed by atoms with E-state index in [2.05, 4.69) is 16.0 Å². The van der Waals surface area contributed by atoms with Gasteiger partial charge in [-0.1, -0.05) is 36.4 Å². The molecular formula is C34H33N3O5S. The molecule has 0 aromatic heterocycles. The highest BCUT2D eigenvalue weighted by Gasteiger charge is 2.17. The van der Waals surface area contributed by atoms with Gasteiger partial charge in [0, 0.05) is 21.8 Å². The molecule has 0 fully saturated rings. The number of anilines is 2. The molecular weight excluding hydrogens is 562 g/mol. The Balaban J connectivity index is 1.46. The van der Waals surface area contributed by atoms with Crippen molar-refractivity contribution in [3.8, 4) is 11.5 Å². The molecule has 220 valence electrons. The molecule has 8 nitrogen and oxygen atoms in total. The molecule has 4 aromatic rings. The summed E-state index contributed by atoms with van der Waals surface area (Å²) in [5.41, 5.74) is 2.34. The van der Waals surface area contributed by atoms with E-state index in [0.717, 1.165) is 10.6 Å². The first-order valence-corrected chi connectivity index (χ1v) is 14.6. The van der Waals surface area contributed by atoms with Gasteiger partial charge < -0.3 is 25.4 Å². The molecule has 3 N–H and O–H groups in total. The van der Waals surface area contributed by atoms with Crippen LogP contribution in [0.4, 0.5) is 11.4 Å². The Kier molecular flexibility index (Phi) is 11.0. The molecule has 0 saturated heterocycles. The molecule has 0 saturated carbocycles. The van der Waals surface area contributed by atoms with Crippen molar-refractivity contribution in [2.24, 2.45) is 0 Å². The molecule has 0 aliphatic carbocycles. The molecule has 0 bridgehead atoms. The summed E-state index contributed by atoms with van der Waals surface area (Å²) in [7, 11) is 1.56. The summed E-state index contributed by atoms with van der Waals surface area (Å²) in [6.07, 6.45) is 1.59. The van der Waals surface area contributed by atoms with Gasteiger partial charge in [0.05, 0.1) is 19.0 Å². The maximum Gasteiger partial charge on any atom is 0.272 e. The summed E-state index contributed by atoms with van der Waals surface area (Å²) >= 11 is 1.36. The smallest absolute Gasteiger partial charge is 0.272 e. The summed E-state index contributed by atoms with van der Waals surface area (Å²) < 4.78 is 10.7. The number of benzene rings is 4. The van der Waals surface area contributed by atoms with Crippen LogP contribution in [0.3, 0.4) is 0 Å². The lowest BCUT2D eigenvalue weighted by atomic mass is 10.1. The van der Waals surface area contributed by atoms with Gasteiger partial charge in [0.1, 0.15) is 17.2 Å². The van der Waals surface area contributed by atoms with Crippen LogP contribution in [0.2, 0.25) is 0 Å². The zero-order valence-corrected chi connectivity index (χ0v) is 24.9. The monoisotopic (exact) mass is 595 g/mol. The maximum absolute atomic E-state index is 13.4. The predicted molar refractivity (Wildman–Crippen MR) is 172 cm³/mol. The minimum atomic E-state index is -0.504. The lowest BCUT2D eigenvalue weighted by Gasteiger charge is -2.14. The number of amides is 3. The third-order valence-corrected chi connectivity index (χ3v) is 7.23. The normalized spacial score (nSPS) is 11.7. The number of hydrogen-bond donors (Lipinski definition) is 3. The molecule has 0 radical (unpaired) electrons. The van der Waals surface area contributed by atoms with Gasteiger partial charge in [-0.2, -0.15) is 0 Å². The van der Waals surface area contributed by atoms with Gasteiger partial charge in [-0.3, -0.25) is 14.4 Å². The number of methoxy groups -OCH3 is 1. The van der Waals surface area contributed by atoms with E-state index in [4.69, 9.17) is 9.47 Å². The minimum Gasteiger partial charge on any atom is -0.497 e. The van der Waals surface area contributed by atoms with Gasteiger partial charge in [-0.15, -0.1) is 11.8 Å². The first-order chi connectivity index (χ1) is 20.8. The van der Waals surface area contributed by atoms with Crippen LogP contribution in [-0.2, 0) is 9.59 Å². The molecule has 0 spiro atoms. The second kappa shape index (κ2) is 15.3. The number of nitrogens with one attached hydrogen (secondary N) is 3. The molecule has 9 heteroatoms. The summed E-state index contributed by atoms with van der Waals surface area (Å²) in [5.74, 6) is 0.282. The second-order valence-corrected chi connectivity index (χ2v) is 10.8. The van der Waals surface area contributed by atoms with E-state index in [1.165, 1.54) is 11.8 Å².